The van der Waals surface area contributed by atoms with Gasteiger partial charge in [-0.2, -0.15) is 18.2 Å². The van der Waals surface area contributed by atoms with E-state index in [0.29, 0.717) is 56.3 Å². The first-order valence-corrected chi connectivity index (χ1v) is 20.2. The number of ether oxygens (including phenoxy) is 2. The number of halogens is 4. The number of aliphatic carboxylic acids is 1. The molecule has 6 rings (SSSR count). The predicted molar refractivity (Wildman–Crippen MR) is 204 cm³/mol. The molecule has 2 aromatic heterocycles. The first-order valence-electron chi connectivity index (χ1n) is 16.8. The van der Waals surface area contributed by atoms with Crippen LogP contribution in [0.2, 0.25) is 0 Å². The normalized spacial score (nSPS) is 15.4. The molecule has 0 saturated carbocycles. The van der Waals surface area contributed by atoms with Crippen LogP contribution in [-0.4, -0.2) is 101 Å². The monoisotopic (exact) mass is 834 g/mol. The van der Waals surface area contributed by atoms with Crippen LogP contribution in [0.25, 0.3) is 17.1 Å². The number of rotatable bonds is 9. The molecular weight excluding hydrogens is 796 g/mol. The molecule has 2 aliphatic heterocycles. The molecule has 0 aliphatic carbocycles. The number of nitrogens with one attached hydrogen (secondary N) is 2. The number of carbonyl (C=O) groups excluding carboxylic acids is 1. The number of carboxylic acid groups (broad SMARTS) is 1. The number of amides is 1. The lowest BCUT2D eigenvalue weighted by molar-refractivity contribution is -0.192. The second-order valence-electron chi connectivity index (χ2n) is 12.7. The van der Waals surface area contributed by atoms with Gasteiger partial charge in [-0.05, 0) is 78.7 Å². The number of fused-ring (bicyclic) bond motifs is 1. The van der Waals surface area contributed by atoms with E-state index in [1.54, 1.807) is 39.0 Å². The molecule has 4 heterocycles. The van der Waals surface area contributed by atoms with Gasteiger partial charge in [-0.3, -0.25) is 9.97 Å². The molecule has 19 heteroatoms. The molecule has 2 saturated heterocycles. The van der Waals surface area contributed by atoms with Gasteiger partial charge in [-0.1, -0.05) is 12.7 Å². The molecule has 288 valence electrons. The van der Waals surface area contributed by atoms with Gasteiger partial charge < -0.3 is 39.6 Å². The van der Waals surface area contributed by atoms with Crippen LogP contribution < -0.4 is 25.6 Å². The molecular formula is C35H39BrF3N8O6P. The predicted octanol–water partition coefficient (Wildman–Crippen LogP) is 7.40. The number of hydrogen-bond acceptors (Lipinski definition) is 12. The van der Waals surface area contributed by atoms with Crippen molar-refractivity contribution < 1.29 is 41.9 Å². The summed E-state index contributed by atoms with van der Waals surface area (Å²) in [6.07, 6.45) is 5.00. The number of piperidine rings is 1. The Kier molecular flexibility index (Phi) is 12.7. The lowest BCUT2D eigenvalue weighted by atomic mass is 10.0. The van der Waals surface area contributed by atoms with Gasteiger partial charge >= 0.3 is 18.2 Å². The quantitative estimate of drug-likeness (QED) is 0.143. The number of cyclic esters (lactones) is 1. The lowest BCUT2D eigenvalue weighted by Crippen LogP contribution is -2.47. The summed E-state index contributed by atoms with van der Waals surface area (Å²) in [5.41, 5.74) is 4.50. The zero-order valence-corrected chi connectivity index (χ0v) is 32.2. The SMILES string of the molecule is C=Cc1cc(Nc2ncc(Br)c(Nc3ccc4nccnc4c3P(C)(C)=O)n2)c(OC)cc1N1CCC(N2CCCCOC2=O)CC1.O=C(O)C(F)(F)F. The fourth-order valence-electron chi connectivity index (χ4n) is 6.19. The number of aromatic nitrogens is 4. The zero-order chi connectivity index (χ0) is 39.2. The summed E-state index contributed by atoms with van der Waals surface area (Å²) in [7, 11) is -1.14. The second kappa shape index (κ2) is 17.0. The van der Waals surface area contributed by atoms with Gasteiger partial charge in [-0.15, -0.1) is 0 Å². The minimum Gasteiger partial charge on any atom is -0.494 e. The van der Waals surface area contributed by atoms with Gasteiger partial charge in [0.25, 0.3) is 0 Å². The third kappa shape index (κ3) is 9.58. The Morgan fingerprint density at radius 3 is 2.44 bits per heavy atom. The summed E-state index contributed by atoms with van der Waals surface area (Å²) in [5, 5.41) is 14.4. The first kappa shape index (κ1) is 40.2. The van der Waals surface area contributed by atoms with Crippen LogP contribution in [0.1, 0.15) is 31.2 Å². The van der Waals surface area contributed by atoms with Crippen LogP contribution in [0.4, 0.5) is 46.8 Å². The van der Waals surface area contributed by atoms with E-state index in [0.717, 1.165) is 56.6 Å². The molecule has 2 aliphatic rings. The van der Waals surface area contributed by atoms with E-state index in [-0.39, 0.29) is 12.1 Å². The largest absolute Gasteiger partial charge is 0.494 e. The fraction of sp³-hybridized carbons (Fsp3) is 0.371. The number of alkyl halides is 3. The Morgan fingerprint density at radius 2 is 1.80 bits per heavy atom. The molecule has 54 heavy (non-hydrogen) atoms. The number of benzene rings is 2. The molecule has 0 atom stereocenters. The highest BCUT2D eigenvalue weighted by molar-refractivity contribution is 9.10. The summed E-state index contributed by atoms with van der Waals surface area (Å²) in [5.74, 6) is -1.32. The number of carboxylic acids is 1. The van der Waals surface area contributed by atoms with Gasteiger partial charge in [0.15, 0.2) is 0 Å². The van der Waals surface area contributed by atoms with Gasteiger partial charge in [0.2, 0.25) is 5.95 Å². The molecule has 1 amide bonds. The third-order valence-corrected chi connectivity index (χ3v) is 10.8. The van der Waals surface area contributed by atoms with E-state index >= 15 is 0 Å². The van der Waals surface area contributed by atoms with Crippen molar-refractivity contribution in [2.24, 2.45) is 0 Å². The van der Waals surface area contributed by atoms with E-state index < -0.39 is 19.3 Å². The maximum Gasteiger partial charge on any atom is 0.490 e. The highest BCUT2D eigenvalue weighted by atomic mass is 79.9. The molecule has 14 nitrogen and oxygen atoms in total. The second-order valence-corrected chi connectivity index (χ2v) is 16.7. The van der Waals surface area contributed by atoms with Crippen molar-refractivity contribution in [1.29, 1.82) is 0 Å². The number of hydrogen-bond donors (Lipinski definition) is 3. The maximum atomic E-state index is 13.4. The number of methoxy groups -OCH3 is 1. The van der Waals surface area contributed by atoms with Crippen LogP contribution in [-0.2, 0) is 14.1 Å². The third-order valence-electron chi connectivity index (χ3n) is 8.71. The van der Waals surface area contributed by atoms with Crippen molar-refractivity contribution >= 4 is 86.4 Å². The van der Waals surface area contributed by atoms with Crippen molar-refractivity contribution in [3.63, 3.8) is 0 Å². The van der Waals surface area contributed by atoms with Gasteiger partial charge in [0.05, 0.1) is 40.4 Å². The number of carbonyl (C=O) groups is 2. The highest BCUT2D eigenvalue weighted by Crippen LogP contribution is 2.42. The molecule has 0 radical (unpaired) electrons. The van der Waals surface area contributed by atoms with E-state index in [2.05, 4.69) is 53.0 Å². The van der Waals surface area contributed by atoms with Gasteiger partial charge in [-0.25, -0.2) is 14.6 Å². The van der Waals surface area contributed by atoms with Crippen molar-refractivity contribution in [2.75, 3.05) is 62.2 Å². The lowest BCUT2D eigenvalue weighted by Gasteiger charge is -2.39. The molecule has 0 unspecified atom stereocenters. The minimum atomic E-state index is -5.08. The molecule has 2 fully saturated rings. The standard InChI is InChI=1S/C33H38BrN8O4P.C2HF3O2/c1-5-21-18-26(28(45-2)19-27(21)41-15-10-22(11-16-41)42-14-6-7-17-46-33(42)43)39-32-37-20-23(34)31(40-32)38-25-9-8-24-29(36-13-12-35-24)30(25)47(3,4)44;3-2(4,5)1(6)7/h5,8-9,12-13,18-20,22H,1,6-7,10-11,14-17H2,2-4H3,(H2,37,38,39,40);(H,6,7). The van der Waals surface area contributed by atoms with E-state index in [4.69, 9.17) is 24.4 Å². The molecule has 4 aromatic rings. The van der Waals surface area contributed by atoms with Gasteiger partial charge in [0, 0.05) is 56.0 Å². The Bertz CT molecular complexity index is 2080. The maximum absolute atomic E-state index is 13.4. The Balaban J connectivity index is 0.000000730. The molecule has 3 N–H and O–H groups in total. The molecule has 0 bridgehead atoms. The summed E-state index contributed by atoms with van der Waals surface area (Å²) < 4.78 is 57.0. The van der Waals surface area contributed by atoms with Crippen molar-refractivity contribution in [3.8, 4) is 5.75 Å². The average molecular weight is 836 g/mol. The summed E-state index contributed by atoms with van der Waals surface area (Å²) in [6.45, 7) is 10.3. The van der Waals surface area contributed by atoms with Crippen LogP contribution >= 0.6 is 23.1 Å². The van der Waals surface area contributed by atoms with Crippen LogP contribution in [0, 0.1) is 0 Å². The molecule has 0 spiro atoms. The zero-order valence-electron chi connectivity index (χ0n) is 29.7. The average Bonchev–Trinajstić information content (AvgIpc) is 3.36. The van der Waals surface area contributed by atoms with Crippen molar-refractivity contribution in [1.82, 2.24) is 24.8 Å². The highest BCUT2D eigenvalue weighted by Gasteiger charge is 2.38. The molecule has 2 aromatic carbocycles. The number of anilines is 5. The first-order chi connectivity index (χ1) is 25.6. The van der Waals surface area contributed by atoms with Gasteiger partial charge in [0.1, 0.15) is 24.2 Å². The van der Waals surface area contributed by atoms with Crippen LogP contribution in [0.5, 0.6) is 5.75 Å². The van der Waals surface area contributed by atoms with Crippen LogP contribution in [0.3, 0.4) is 0 Å². The van der Waals surface area contributed by atoms with E-state index in [9.17, 15) is 22.5 Å². The Labute approximate surface area is 317 Å². The smallest absolute Gasteiger partial charge is 0.490 e. The van der Waals surface area contributed by atoms with Crippen molar-refractivity contribution in [2.45, 2.75) is 37.9 Å². The topological polar surface area (TPSA) is 172 Å². The van der Waals surface area contributed by atoms with Crippen molar-refractivity contribution in [3.05, 3.63) is 59.5 Å². The van der Waals surface area contributed by atoms with E-state index in [1.807, 2.05) is 35.2 Å². The fourth-order valence-corrected chi connectivity index (χ4v) is 7.87. The van der Waals surface area contributed by atoms with Crippen LogP contribution in [0.15, 0.2) is 53.9 Å². The number of nitrogens with zero attached hydrogens (tertiary/aromatic N) is 6. The Morgan fingerprint density at radius 1 is 1.09 bits per heavy atom. The summed E-state index contributed by atoms with van der Waals surface area (Å²) in [4.78, 5) is 43.7. The summed E-state index contributed by atoms with van der Waals surface area (Å²) >= 11 is 3.55. The minimum absolute atomic E-state index is 0.171. The summed E-state index contributed by atoms with van der Waals surface area (Å²) in [6, 6.07) is 7.83. The van der Waals surface area contributed by atoms with E-state index in [1.165, 1.54) is 0 Å². The Hall–Kier alpha value is -4.96.